The van der Waals surface area contributed by atoms with Crippen molar-refractivity contribution in [3.05, 3.63) is 18.2 Å². The molecule has 2 N–H and O–H groups in total. The van der Waals surface area contributed by atoms with Crippen LogP contribution < -0.4 is 10.6 Å². The van der Waals surface area contributed by atoms with Crippen LogP contribution in [0, 0.1) is 0 Å². The topological polar surface area (TPSA) is 66.6 Å². The summed E-state index contributed by atoms with van der Waals surface area (Å²) < 4.78 is 23.6. The Morgan fingerprint density at radius 2 is 2.00 bits per heavy atom. The van der Waals surface area contributed by atoms with E-state index < -0.39 is 9.84 Å². The van der Waals surface area contributed by atoms with Crippen molar-refractivity contribution in [1.29, 1.82) is 0 Å². The zero-order chi connectivity index (χ0) is 14.9. The Morgan fingerprint density at radius 1 is 1.30 bits per heavy atom. The second kappa shape index (κ2) is 5.61. The molecule has 1 aromatic carbocycles. The number of benzene rings is 1. The Balaban J connectivity index is 2.42. The minimum Gasteiger partial charge on any atom is -0.396 e. The van der Waals surface area contributed by atoms with Crippen molar-refractivity contribution in [1.82, 2.24) is 4.90 Å². The zero-order valence-electron chi connectivity index (χ0n) is 12.3. The average molecular weight is 297 g/mol. The van der Waals surface area contributed by atoms with E-state index in [1.807, 2.05) is 6.07 Å². The van der Waals surface area contributed by atoms with Crippen LogP contribution in [0.1, 0.15) is 13.3 Å². The predicted molar refractivity (Wildman–Crippen MR) is 82.9 cm³/mol. The van der Waals surface area contributed by atoms with Gasteiger partial charge in [-0.2, -0.15) is 0 Å². The van der Waals surface area contributed by atoms with Crippen molar-refractivity contribution in [2.45, 2.75) is 24.3 Å². The zero-order valence-corrected chi connectivity index (χ0v) is 13.2. The van der Waals surface area contributed by atoms with Crippen molar-refractivity contribution in [2.75, 3.05) is 43.6 Å². The summed E-state index contributed by atoms with van der Waals surface area (Å²) in [7, 11) is -1.19. The molecule has 0 radical (unpaired) electrons. The number of hydrogen-bond donors (Lipinski definition) is 1. The summed E-state index contributed by atoms with van der Waals surface area (Å²) in [5, 5.41) is 0. The molecule has 0 aliphatic carbocycles. The van der Waals surface area contributed by atoms with Gasteiger partial charge in [-0.3, -0.25) is 0 Å². The van der Waals surface area contributed by atoms with Crippen molar-refractivity contribution in [3.63, 3.8) is 0 Å². The number of sulfone groups is 1. The minimum atomic E-state index is -3.29. The van der Waals surface area contributed by atoms with E-state index in [1.165, 1.54) is 6.26 Å². The lowest BCUT2D eigenvalue weighted by molar-refractivity contribution is 0.337. The third-order valence-electron chi connectivity index (χ3n) is 3.80. The molecule has 5 nitrogen and oxygen atoms in total. The molecule has 1 saturated heterocycles. The summed E-state index contributed by atoms with van der Waals surface area (Å²) in [6.45, 7) is 5.03. The normalized spacial score (nSPS) is 21.8. The average Bonchev–Trinajstić information content (AvgIpc) is 2.49. The Morgan fingerprint density at radius 3 is 2.65 bits per heavy atom. The lowest BCUT2D eigenvalue weighted by Crippen LogP contribution is -2.38. The van der Waals surface area contributed by atoms with Crippen LogP contribution in [-0.4, -0.2) is 52.3 Å². The summed E-state index contributed by atoms with van der Waals surface area (Å²) in [5.41, 5.74) is 7.31. The fraction of sp³-hybridized carbons (Fsp3) is 0.571. The SMILES string of the molecule is CC1CN(C)CCCN1c1cccc(S(C)(=O)=O)c1N. The molecule has 1 heterocycles. The molecule has 2 rings (SSSR count). The number of nitrogen functional groups attached to an aromatic ring is 1. The van der Waals surface area contributed by atoms with Crippen LogP contribution in [0.5, 0.6) is 0 Å². The van der Waals surface area contributed by atoms with Crippen LogP contribution in [0.15, 0.2) is 23.1 Å². The van der Waals surface area contributed by atoms with Crippen molar-refractivity contribution >= 4 is 21.2 Å². The van der Waals surface area contributed by atoms with Crippen molar-refractivity contribution in [3.8, 4) is 0 Å². The lowest BCUT2D eigenvalue weighted by Gasteiger charge is -2.31. The molecular weight excluding hydrogens is 274 g/mol. The maximum absolute atomic E-state index is 11.8. The van der Waals surface area contributed by atoms with Gasteiger partial charge >= 0.3 is 0 Å². The number of nitrogens with two attached hydrogens (primary N) is 1. The van der Waals surface area contributed by atoms with Gasteiger partial charge in [0.05, 0.1) is 16.3 Å². The monoisotopic (exact) mass is 297 g/mol. The molecule has 1 atom stereocenters. The lowest BCUT2D eigenvalue weighted by atomic mass is 10.2. The number of anilines is 2. The maximum Gasteiger partial charge on any atom is 0.177 e. The molecule has 0 saturated carbocycles. The number of rotatable bonds is 2. The van der Waals surface area contributed by atoms with Crippen LogP contribution in [0.4, 0.5) is 11.4 Å². The Kier molecular flexibility index (Phi) is 4.25. The van der Waals surface area contributed by atoms with Crippen molar-refractivity contribution in [2.24, 2.45) is 0 Å². The summed E-state index contributed by atoms with van der Waals surface area (Å²) >= 11 is 0. The Hall–Kier alpha value is -1.27. The molecule has 6 heteroatoms. The van der Waals surface area contributed by atoms with Gasteiger partial charge in [-0.05, 0) is 39.1 Å². The first-order chi connectivity index (χ1) is 9.30. The molecule has 1 aliphatic heterocycles. The second-order valence-corrected chi connectivity index (χ2v) is 7.60. The molecule has 0 spiro atoms. The number of para-hydroxylation sites is 1. The van der Waals surface area contributed by atoms with E-state index in [1.54, 1.807) is 12.1 Å². The molecule has 1 unspecified atom stereocenters. The van der Waals surface area contributed by atoms with Crippen LogP contribution in [0.25, 0.3) is 0 Å². The van der Waals surface area contributed by atoms with Gasteiger partial charge in [0.1, 0.15) is 0 Å². The van der Waals surface area contributed by atoms with Crippen LogP contribution in [0.3, 0.4) is 0 Å². The van der Waals surface area contributed by atoms with Gasteiger partial charge in [0.15, 0.2) is 9.84 Å². The first-order valence-electron chi connectivity index (χ1n) is 6.84. The standard InChI is InChI=1S/C14H23N3O2S/c1-11-10-16(2)8-5-9-17(11)12-6-4-7-13(14(12)15)20(3,18)19/h4,6-7,11H,5,8-10,15H2,1-3H3. The third-order valence-corrected chi connectivity index (χ3v) is 4.95. The van der Waals surface area contributed by atoms with E-state index in [0.717, 1.165) is 31.7 Å². The van der Waals surface area contributed by atoms with E-state index in [9.17, 15) is 8.42 Å². The molecule has 0 amide bonds. The molecule has 0 bridgehead atoms. The fourth-order valence-electron chi connectivity index (χ4n) is 2.84. The Labute approximate surface area is 121 Å². The van der Waals surface area contributed by atoms with Gasteiger partial charge in [-0.1, -0.05) is 6.07 Å². The largest absolute Gasteiger partial charge is 0.396 e. The van der Waals surface area contributed by atoms with E-state index >= 15 is 0 Å². The highest BCUT2D eigenvalue weighted by atomic mass is 32.2. The van der Waals surface area contributed by atoms with Gasteiger partial charge < -0.3 is 15.5 Å². The number of likely N-dealkylation sites (N-methyl/N-ethyl adjacent to an activating group) is 1. The summed E-state index contributed by atoms with van der Waals surface area (Å²) in [5.74, 6) is 0. The highest BCUT2D eigenvalue weighted by Crippen LogP contribution is 2.31. The number of hydrogen-bond acceptors (Lipinski definition) is 5. The molecule has 0 aromatic heterocycles. The van der Waals surface area contributed by atoms with Gasteiger partial charge in [0.25, 0.3) is 0 Å². The molecule has 20 heavy (non-hydrogen) atoms. The fourth-order valence-corrected chi connectivity index (χ4v) is 3.67. The van der Waals surface area contributed by atoms with Gasteiger partial charge in [-0.15, -0.1) is 0 Å². The smallest absolute Gasteiger partial charge is 0.177 e. The predicted octanol–water partition coefficient (Wildman–Crippen LogP) is 1.20. The molecule has 1 aliphatic rings. The first-order valence-corrected chi connectivity index (χ1v) is 8.73. The summed E-state index contributed by atoms with van der Waals surface area (Å²) in [4.78, 5) is 4.73. The second-order valence-electron chi connectivity index (χ2n) is 5.62. The summed E-state index contributed by atoms with van der Waals surface area (Å²) in [6.07, 6.45) is 2.24. The molecule has 1 aromatic rings. The highest BCUT2D eigenvalue weighted by molar-refractivity contribution is 7.90. The molecular formula is C14H23N3O2S. The van der Waals surface area contributed by atoms with Crippen LogP contribution in [-0.2, 0) is 9.84 Å². The number of nitrogens with zero attached hydrogens (tertiary/aromatic N) is 2. The van der Waals surface area contributed by atoms with E-state index in [4.69, 9.17) is 5.73 Å². The Bertz CT molecular complexity index is 586. The van der Waals surface area contributed by atoms with Gasteiger partial charge in [-0.25, -0.2) is 8.42 Å². The third kappa shape index (κ3) is 3.07. The van der Waals surface area contributed by atoms with Gasteiger partial charge in [0, 0.05) is 25.4 Å². The van der Waals surface area contributed by atoms with Gasteiger partial charge in [0.2, 0.25) is 0 Å². The van der Waals surface area contributed by atoms with E-state index in [2.05, 4.69) is 23.8 Å². The first kappa shape index (κ1) is 15.1. The maximum atomic E-state index is 11.8. The molecule has 1 fully saturated rings. The van der Waals surface area contributed by atoms with Crippen molar-refractivity contribution < 1.29 is 8.42 Å². The van der Waals surface area contributed by atoms with E-state index in [-0.39, 0.29) is 4.90 Å². The minimum absolute atomic E-state index is 0.222. The quantitative estimate of drug-likeness (QED) is 0.831. The van der Waals surface area contributed by atoms with Crippen LogP contribution in [0.2, 0.25) is 0 Å². The van der Waals surface area contributed by atoms with Crippen LogP contribution >= 0.6 is 0 Å². The van der Waals surface area contributed by atoms with E-state index in [0.29, 0.717) is 11.7 Å². The summed E-state index contributed by atoms with van der Waals surface area (Å²) in [6, 6.07) is 5.55. The highest BCUT2D eigenvalue weighted by Gasteiger charge is 2.23. The molecule has 112 valence electrons.